The van der Waals surface area contributed by atoms with E-state index in [-0.39, 0.29) is 0 Å². The maximum absolute atomic E-state index is 10.3. The van der Waals surface area contributed by atoms with Crippen molar-refractivity contribution in [2.45, 2.75) is 87.7 Å². The Kier molecular flexibility index (Phi) is 15.4. The zero-order valence-corrected chi connectivity index (χ0v) is 14.7. The van der Waals surface area contributed by atoms with Crippen LogP contribution in [-0.4, -0.2) is 37.1 Å². The summed E-state index contributed by atoms with van der Waals surface area (Å²) >= 11 is 0.766. The molecule has 0 aromatic heterocycles. The molecule has 0 aromatic rings. The van der Waals surface area contributed by atoms with Gasteiger partial charge in [-0.3, -0.25) is 0 Å². The molecular weight excluding hydrogens is 335 g/mol. The summed E-state index contributed by atoms with van der Waals surface area (Å²) in [4.78, 5) is 20.6. The summed E-state index contributed by atoms with van der Waals surface area (Å²) in [6.07, 6.45) is 11.8. The molecule has 0 spiro atoms. The second-order valence-electron chi connectivity index (χ2n) is 5.44. The third-order valence-corrected chi connectivity index (χ3v) is 5.78. The quantitative estimate of drug-likeness (QED) is 0.314. The summed E-state index contributed by atoms with van der Waals surface area (Å²) < 4.78 is 0. The summed E-state index contributed by atoms with van der Waals surface area (Å²) in [5, 5.41) is 19.7. The number of carboxylic acid groups (broad SMARTS) is 2. The monoisotopic (exact) mass is 366 g/mol. The van der Waals surface area contributed by atoms with E-state index in [1.54, 1.807) is 0 Å². The molecule has 0 saturated carbocycles. The molecule has 0 heterocycles. The van der Waals surface area contributed by atoms with Gasteiger partial charge >= 0.3 is 134 Å². The third kappa shape index (κ3) is 19.5. The Labute approximate surface area is 134 Å². The number of hydrogen-bond donors (Lipinski definition) is 2. The Balaban J connectivity index is 2.99. The molecule has 0 aliphatic rings. The standard InChI is InChI=1S/C16H30O4Se/c17-15(18)11-7-3-1-5-9-13-21-14-10-6-2-4-8-12-16(19)20/h1-14H2,(H,17,18)(H,19,20). The minimum atomic E-state index is -0.679. The van der Waals surface area contributed by atoms with E-state index in [1.807, 2.05) is 0 Å². The van der Waals surface area contributed by atoms with Gasteiger partial charge in [-0.2, -0.15) is 0 Å². The molecule has 0 aromatic carbocycles. The van der Waals surface area contributed by atoms with Crippen molar-refractivity contribution < 1.29 is 19.8 Å². The topological polar surface area (TPSA) is 74.6 Å². The molecular formula is C16H30O4Se. The normalized spacial score (nSPS) is 10.7. The van der Waals surface area contributed by atoms with Crippen molar-refractivity contribution in [1.82, 2.24) is 0 Å². The SMILES string of the molecule is O=C(O)CCCCCCC[Se]CCCCCCCC(=O)O. The van der Waals surface area contributed by atoms with E-state index in [0.29, 0.717) is 12.8 Å². The van der Waals surface area contributed by atoms with Crippen molar-refractivity contribution in [2.75, 3.05) is 0 Å². The van der Waals surface area contributed by atoms with Gasteiger partial charge in [0.2, 0.25) is 0 Å². The Hall–Kier alpha value is -0.541. The van der Waals surface area contributed by atoms with Crippen molar-refractivity contribution in [3.63, 3.8) is 0 Å². The first-order valence-electron chi connectivity index (χ1n) is 8.14. The van der Waals surface area contributed by atoms with Gasteiger partial charge in [0.1, 0.15) is 0 Å². The Morgan fingerprint density at radius 1 is 0.571 bits per heavy atom. The maximum atomic E-state index is 10.3. The summed E-state index contributed by atoms with van der Waals surface area (Å²) in [6, 6.07) is 0. The first kappa shape index (κ1) is 20.5. The Morgan fingerprint density at radius 3 is 1.29 bits per heavy atom. The number of carboxylic acids is 2. The van der Waals surface area contributed by atoms with Crippen LogP contribution in [0.1, 0.15) is 77.0 Å². The number of rotatable bonds is 16. The number of unbranched alkanes of at least 4 members (excludes halogenated alkanes) is 8. The van der Waals surface area contributed by atoms with Crippen LogP contribution in [0, 0.1) is 0 Å². The van der Waals surface area contributed by atoms with Crippen LogP contribution >= 0.6 is 0 Å². The first-order chi connectivity index (χ1) is 10.1. The number of aliphatic carboxylic acids is 2. The first-order valence-corrected chi connectivity index (χ1v) is 10.6. The summed E-state index contributed by atoms with van der Waals surface area (Å²) in [7, 11) is 0. The van der Waals surface area contributed by atoms with E-state index in [4.69, 9.17) is 10.2 Å². The van der Waals surface area contributed by atoms with Crippen molar-refractivity contribution in [2.24, 2.45) is 0 Å². The predicted molar refractivity (Wildman–Crippen MR) is 86.0 cm³/mol. The molecule has 0 aliphatic carbocycles. The van der Waals surface area contributed by atoms with Gasteiger partial charge in [0, 0.05) is 0 Å². The minimum absolute atomic E-state index is 0.316. The van der Waals surface area contributed by atoms with Crippen molar-refractivity contribution in [3.05, 3.63) is 0 Å². The van der Waals surface area contributed by atoms with Gasteiger partial charge in [0.05, 0.1) is 0 Å². The van der Waals surface area contributed by atoms with E-state index in [1.165, 1.54) is 49.2 Å². The van der Waals surface area contributed by atoms with Gasteiger partial charge in [-0.1, -0.05) is 0 Å². The average molecular weight is 365 g/mol. The zero-order chi connectivity index (χ0) is 15.8. The second kappa shape index (κ2) is 15.8. The molecule has 0 bridgehead atoms. The predicted octanol–water partition coefficient (Wildman–Crippen LogP) is 4.38. The molecule has 21 heavy (non-hydrogen) atoms. The number of hydrogen-bond acceptors (Lipinski definition) is 2. The van der Waals surface area contributed by atoms with E-state index in [9.17, 15) is 9.59 Å². The molecule has 2 N–H and O–H groups in total. The van der Waals surface area contributed by atoms with Crippen LogP contribution in [0.2, 0.25) is 10.6 Å². The van der Waals surface area contributed by atoms with Crippen molar-refractivity contribution in [1.29, 1.82) is 0 Å². The van der Waals surface area contributed by atoms with Crippen LogP contribution in [0.4, 0.5) is 0 Å². The zero-order valence-electron chi connectivity index (χ0n) is 13.0. The summed E-state index contributed by atoms with van der Waals surface area (Å²) in [5.41, 5.74) is 0. The molecule has 4 nitrogen and oxygen atoms in total. The summed E-state index contributed by atoms with van der Waals surface area (Å²) in [6.45, 7) is 0. The fourth-order valence-electron chi connectivity index (χ4n) is 2.12. The van der Waals surface area contributed by atoms with Crippen molar-refractivity contribution in [3.8, 4) is 0 Å². The Bertz CT molecular complexity index is 243. The van der Waals surface area contributed by atoms with E-state index >= 15 is 0 Å². The molecule has 0 amide bonds. The molecule has 0 atom stereocenters. The van der Waals surface area contributed by atoms with Gasteiger partial charge in [0.15, 0.2) is 0 Å². The number of carbonyl (C=O) groups is 2. The summed E-state index contributed by atoms with van der Waals surface area (Å²) in [5.74, 6) is -1.36. The molecule has 5 heteroatoms. The van der Waals surface area contributed by atoms with Crippen LogP contribution in [0.25, 0.3) is 0 Å². The van der Waals surface area contributed by atoms with E-state index in [0.717, 1.165) is 40.6 Å². The fraction of sp³-hybridized carbons (Fsp3) is 0.875. The second-order valence-corrected chi connectivity index (χ2v) is 8.00. The van der Waals surface area contributed by atoms with Crippen LogP contribution in [0.3, 0.4) is 0 Å². The molecule has 0 fully saturated rings. The van der Waals surface area contributed by atoms with Gasteiger partial charge in [-0.25, -0.2) is 0 Å². The van der Waals surface area contributed by atoms with Crippen LogP contribution in [0.15, 0.2) is 0 Å². The van der Waals surface area contributed by atoms with Gasteiger partial charge in [-0.15, -0.1) is 0 Å². The van der Waals surface area contributed by atoms with Crippen LogP contribution < -0.4 is 0 Å². The van der Waals surface area contributed by atoms with Gasteiger partial charge in [0.25, 0.3) is 0 Å². The molecule has 0 radical (unpaired) electrons. The van der Waals surface area contributed by atoms with Crippen molar-refractivity contribution >= 4 is 26.9 Å². The van der Waals surface area contributed by atoms with E-state index in [2.05, 4.69) is 0 Å². The molecule has 0 rings (SSSR count). The molecule has 0 unspecified atom stereocenters. The molecule has 124 valence electrons. The van der Waals surface area contributed by atoms with Gasteiger partial charge in [-0.05, 0) is 0 Å². The van der Waals surface area contributed by atoms with Gasteiger partial charge < -0.3 is 0 Å². The molecule has 0 saturated heterocycles. The fourth-order valence-corrected chi connectivity index (χ4v) is 4.26. The third-order valence-electron chi connectivity index (χ3n) is 3.36. The molecule has 0 aliphatic heterocycles. The van der Waals surface area contributed by atoms with Crippen LogP contribution in [-0.2, 0) is 9.59 Å². The van der Waals surface area contributed by atoms with E-state index < -0.39 is 11.9 Å². The van der Waals surface area contributed by atoms with Crippen LogP contribution in [0.5, 0.6) is 0 Å². The average Bonchev–Trinajstić information content (AvgIpc) is 2.42. The Morgan fingerprint density at radius 2 is 0.905 bits per heavy atom.